The standard InChI is InChI=1S/C10H16O3S/c1-8(2)7-3-4-9(14(11,12)13)5-6-10(7,8)9/h7H,3-6H2,1-2H3,(H,11,12,13). The average Bonchev–Trinajstić information content (AvgIpc) is 2.33. The summed E-state index contributed by atoms with van der Waals surface area (Å²) in [4.78, 5) is 0. The quantitative estimate of drug-likeness (QED) is 0.680. The van der Waals surface area contributed by atoms with Crippen molar-refractivity contribution in [2.24, 2.45) is 16.7 Å². The Morgan fingerprint density at radius 3 is 2.14 bits per heavy atom. The summed E-state index contributed by atoms with van der Waals surface area (Å²) in [5, 5.41) is 0. The van der Waals surface area contributed by atoms with E-state index in [4.69, 9.17) is 0 Å². The lowest BCUT2D eigenvalue weighted by Gasteiger charge is -2.48. The largest absolute Gasteiger partial charge is 0.285 e. The molecule has 0 saturated heterocycles. The predicted molar refractivity (Wildman–Crippen MR) is 52.5 cm³/mol. The second kappa shape index (κ2) is 1.92. The van der Waals surface area contributed by atoms with E-state index in [1.807, 2.05) is 0 Å². The molecule has 3 atom stereocenters. The molecule has 14 heavy (non-hydrogen) atoms. The van der Waals surface area contributed by atoms with Gasteiger partial charge in [-0.2, -0.15) is 8.42 Å². The van der Waals surface area contributed by atoms with Crippen LogP contribution in [0.4, 0.5) is 0 Å². The molecule has 0 aromatic rings. The summed E-state index contributed by atoms with van der Waals surface area (Å²) in [6.45, 7) is 4.30. The molecule has 0 radical (unpaired) electrons. The second-order valence-electron chi connectivity index (χ2n) is 5.75. The van der Waals surface area contributed by atoms with Gasteiger partial charge in [0.05, 0.1) is 0 Å². The smallest absolute Gasteiger partial charge is 0.271 e. The van der Waals surface area contributed by atoms with Gasteiger partial charge in [0.2, 0.25) is 0 Å². The second-order valence-corrected chi connectivity index (χ2v) is 7.49. The van der Waals surface area contributed by atoms with Crippen LogP contribution in [-0.4, -0.2) is 17.7 Å². The zero-order chi connectivity index (χ0) is 10.4. The van der Waals surface area contributed by atoms with Gasteiger partial charge < -0.3 is 0 Å². The van der Waals surface area contributed by atoms with E-state index in [9.17, 15) is 13.0 Å². The third-order valence-electron chi connectivity index (χ3n) is 5.60. The Hall–Kier alpha value is -0.0900. The highest BCUT2D eigenvalue weighted by Gasteiger charge is 2.88. The molecule has 4 heteroatoms. The normalized spacial score (nSPS) is 53.2. The number of hydrogen-bond donors (Lipinski definition) is 1. The first-order valence-corrected chi connectivity index (χ1v) is 6.71. The molecule has 3 aliphatic rings. The van der Waals surface area contributed by atoms with Crippen LogP contribution in [0.15, 0.2) is 0 Å². The molecule has 0 aliphatic heterocycles. The van der Waals surface area contributed by atoms with Crippen molar-refractivity contribution >= 4 is 10.1 Å². The van der Waals surface area contributed by atoms with E-state index in [2.05, 4.69) is 13.8 Å². The van der Waals surface area contributed by atoms with Crippen LogP contribution in [0.5, 0.6) is 0 Å². The van der Waals surface area contributed by atoms with Gasteiger partial charge in [-0.15, -0.1) is 0 Å². The lowest BCUT2D eigenvalue weighted by Crippen LogP contribution is -2.55. The fraction of sp³-hybridized carbons (Fsp3) is 1.00. The Kier molecular flexibility index (Phi) is 1.25. The highest BCUT2D eigenvalue weighted by atomic mass is 32.2. The lowest BCUT2D eigenvalue weighted by molar-refractivity contribution is 0.129. The van der Waals surface area contributed by atoms with E-state index >= 15 is 0 Å². The average molecular weight is 216 g/mol. The summed E-state index contributed by atoms with van der Waals surface area (Å²) in [5.41, 5.74) is 0.0763. The SMILES string of the molecule is CC1(C)C2CCC3(S(=O)(=O)O)CCC213. The van der Waals surface area contributed by atoms with Gasteiger partial charge in [-0.3, -0.25) is 4.55 Å². The van der Waals surface area contributed by atoms with Crippen molar-refractivity contribution in [1.29, 1.82) is 0 Å². The van der Waals surface area contributed by atoms with Gasteiger partial charge in [-0.25, -0.2) is 0 Å². The minimum absolute atomic E-state index is 0.0619. The minimum atomic E-state index is -3.85. The predicted octanol–water partition coefficient (Wildman–Crippen LogP) is 1.84. The van der Waals surface area contributed by atoms with Crippen LogP contribution in [0.1, 0.15) is 39.5 Å². The molecule has 1 spiro atoms. The Labute approximate surface area is 84.6 Å². The molecule has 0 amide bonds. The molecule has 3 rings (SSSR count). The Morgan fingerprint density at radius 1 is 1.21 bits per heavy atom. The Bertz CT molecular complexity index is 411. The fourth-order valence-corrected chi connectivity index (χ4v) is 6.56. The molecule has 0 aromatic heterocycles. The maximum absolute atomic E-state index is 11.5. The van der Waals surface area contributed by atoms with Crippen LogP contribution < -0.4 is 0 Å². The fourth-order valence-electron chi connectivity index (χ4n) is 4.86. The molecule has 3 saturated carbocycles. The molecule has 0 bridgehead atoms. The zero-order valence-electron chi connectivity index (χ0n) is 8.58. The molecular formula is C10H16O3S. The summed E-state index contributed by atoms with van der Waals surface area (Å²) < 4.78 is 31.6. The van der Waals surface area contributed by atoms with Gasteiger partial charge in [0, 0.05) is 5.41 Å². The van der Waals surface area contributed by atoms with Gasteiger partial charge in [0.25, 0.3) is 10.1 Å². The summed E-state index contributed by atoms with van der Waals surface area (Å²) >= 11 is 0. The van der Waals surface area contributed by atoms with Crippen molar-refractivity contribution in [2.45, 2.75) is 44.3 Å². The monoisotopic (exact) mass is 216 g/mol. The summed E-state index contributed by atoms with van der Waals surface area (Å²) in [6, 6.07) is 0. The number of hydrogen-bond acceptors (Lipinski definition) is 2. The first-order valence-electron chi connectivity index (χ1n) is 5.27. The van der Waals surface area contributed by atoms with Gasteiger partial charge in [-0.05, 0) is 37.0 Å². The van der Waals surface area contributed by atoms with Gasteiger partial charge >= 0.3 is 0 Å². The van der Waals surface area contributed by atoms with Crippen LogP contribution in [0, 0.1) is 16.7 Å². The van der Waals surface area contributed by atoms with Crippen LogP contribution in [0.3, 0.4) is 0 Å². The number of rotatable bonds is 1. The summed E-state index contributed by atoms with van der Waals surface area (Å²) in [7, 11) is -3.85. The third-order valence-corrected chi connectivity index (χ3v) is 7.36. The molecule has 1 N–H and O–H groups in total. The molecule has 3 unspecified atom stereocenters. The molecule has 0 heterocycles. The molecular weight excluding hydrogens is 200 g/mol. The first kappa shape index (κ1) is 9.16. The minimum Gasteiger partial charge on any atom is -0.285 e. The highest BCUT2D eigenvalue weighted by Crippen LogP contribution is 2.88. The maximum atomic E-state index is 11.5. The van der Waals surface area contributed by atoms with Gasteiger partial charge in [0.15, 0.2) is 0 Å². The van der Waals surface area contributed by atoms with E-state index < -0.39 is 14.9 Å². The van der Waals surface area contributed by atoms with Crippen molar-refractivity contribution in [2.75, 3.05) is 0 Å². The molecule has 3 nitrogen and oxygen atoms in total. The van der Waals surface area contributed by atoms with Crippen LogP contribution in [0.25, 0.3) is 0 Å². The summed E-state index contributed by atoms with van der Waals surface area (Å²) in [5.74, 6) is 0.533. The zero-order valence-corrected chi connectivity index (χ0v) is 9.39. The van der Waals surface area contributed by atoms with E-state index in [-0.39, 0.29) is 10.8 Å². The van der Waals surface area contributed by atoms with E-state index in [1.165, 1.54) is 0 Å². The van der Waals surface area contributed by atoms with Gasteiger partial charge in [0.1, 0.15) is 4.75 Å². The molecule has 3 fully saturated rings. The van der Waals surface area contributed by atoms with Crippen molar-refractivity contribution in [3.8, 4) is 0 Å². The van der Waals surface area contributed by atoms with E-state index in [0.29, 0.717) is 18.8 Å². The van der Waals surface area contributed by atoms with Crippen molar-refractivity contribution < 1.29 is 13.0 Å². The van der Waals surface area contributed by atoms with Gasteiger partial charge in [-0.1, -0.05) is 13.8 Å². The van der Waals surface area contributed by atoms with Crippen molar-refractivity contribution in [3.63, 3.8) is 0 Å². The Morgan fingerprint density at radius 2 is 1.86 bits per heavy atom. The van der Waals surface area contributed by atoms with Crippen LogP contribution in [-0.2, 0) is 10.1 Å². The summed E-state index contributed by atoms with van der Waals surface area (Å²) in [6.07, 6.45) is 3.32. The molecule has 0 aromatic carbocycles. The van der Waals surface area contributed by atoms with Crippen LogP contribution in [0.2, 0.25) is 0 Å². The van der Waals surface area contributed by atoms with Crippen molar-refractivity contribution in [1.82, 2.24) is 0 Å². The van der Waals surface area contributed by atoms with E-state index in [1.54, 1.807) is 0 Å². The van der Waals surface area contributed by atoms with Crippen molar-refractivity contribution in [3.05, 3.63) is 0 Å². The lowest BCUT2D eigenvalue weighted by atomic mass is 9.65. The van der Waals surface area contributed by atoms with E-state index in [0.717, 1.165) is 12.8 Å². The topological polar surface area (TPSA) is 54.4 Å². The Balaban J connectivity index is 2.15. The molecule has 3 aliphatic carbocycles. The molecule has 80 valence electrons. The highest BCUT2D eigenvalue weighted by molar-refractivity contribution is 7.87. The first-order chi connectivity index (χ1) is 6.30. The third kappa shape index (κ3) is 0.569. The van der Waals surface area contributed by atoms with Crippen LogP contribution >= 0.6 is 0 Å². The maximum Gasteiger partial charge on any atom is 0.271 e.